The first-order valence-corrected chi connectivity index (χ1v) is 9.42. The highest BCUT2D eigenvalue weighted by molar-refractivity contribution is 7.99. The Morgan fingerprint density at radius 3 is 2.59 bits per heavy atom. The molecule has 3 rings (SSSR count). The maximum Gasteiger partial charge on any atom is 0.256 e. The predicted octanol–water partition coefficient (Wildman–Crippen LogP) is 4.23. The van der Waals surface area contributed by atoms with Gasteiger partial charge in [-0.25, -0.2) is 4.98 Å². The Kier molecular flexibility index (Phi) is 5.07. The summed E-state index contributed by atoms with van der Waals surface area (Å²) < 4.78 is 0. The van der Waals surface area contributed by atoms with Gasteiger partial charge in [-0.15, -0.1) is 11.8 Å². The first kappa shape index (κ1) is 15.9. The average molecular weight is 318 g/mol. The van der Waals surface area contributed by atoms with E-state index in [9.17, 15) is 4.79 Å². The summed E-state index contributed by atoms with van der Waals surface area (Å²) >= 11 is 1.81. The molecule has 3 nitrogen and oxygen atoms in total. The van der Waals surface area contributed by atoms with Gasteiger partial charge in [-0.05, 0) is 43.2 Å². The summed E-state index contributed by atoms with van der Waals surface area (Å²) in [5.41, 5.74) is 0.806. The summed E-state index contributed by atoms with van der Waals surface area (Å²) in [6.07, 6.45) is 8.18. The Morgan fingerprint density at radius 1 is 1.23 bits per heavy atom. The Hall–Kier alpha value is -1.03. The molecule has 2 heterocycles. The van der Waals surface area contributed by atoms with E-state index >= 15 is 0 Å². The monoisotopic (exact) mass is 318 g/mol. The maximum absolute atomic E-state index is 13.0. The molecule has 0 aromatic carbocycles. The van der Waals surface area contributed by atoms with Crippen LogP contribution >= 0.6 is 11.8 Å². The van der Waals surface area contributed by atoms with Gasteiger partial charge in [0.1, 0.15) is 5.03 Å². The van der Waals surface area contributed by atoms with Crippen molar-refractivity contribution in [2.45, 2.75) is 56.2 Å². The van der Waals surface area contributed by atoms with Gasteiger partial charge < -0.3 is 4.90 Å². The molecular formula is C18H26N2OS. The Labute approximate surface area is 137 Å². The molecule has 22 heavy (non-hydrogen) atoms. The zero-order valence-corrected chi connectivity index (χ0v) is 14.4. The molecule has 0 N–H and O–H groups in total. The summed E-state index contributed by atoms with van der Waals surface area (Å²) in [4.78, 5) is 19.5. The lowest BCUT2D eigenvalue weighted by atomic mass is 9.91. The molecule has 0 radical (unpaired) electrons. The van der Waals surface area contributed by atoms with Gasteiger partial charge in [0.2, 0.25) is 0 Å². The standard InChI is InChI=1S/C18H26N2OS/c1-13-10-14(2)12-20(11-13)18(21)16-8-5-9-19-17(16)22-15-6-3-4-7-15/h5,8-9,13-15H,3-4,6-7,10-12H2,1-2H3/t13-,14-/m0/s1. The zero-order valence-electron chi connectivity index (χ0n) is 13.6. The van der Waals surface area contributed by atoms with Crippen molar-refractivity contribution in [3.05, 3.63) is 23.9 Å². The van der Waals surface area contributed by atoms with E-state index in [1.807, 2.05) is 35.0 Å². The van der Waals surface area contributed by atoms with Crippen LogP contribution in [0.1, 0.15) is 56.3 Å². The number of carbonyl (C=O) groups excluding carboxylic acids is 1. The molecule has 1 amide bonds. The van der Waals surface area contributed by atoms with E-state index in [-0.39, 0.29) is 5.91 Å². The highest BCUT2D eigenvalue weighted by atomic mass is 32.2. The van der Waals surface area contributed by atoms with Crippen molar-refractivity contribution in [1.82, 2.24) is 9.88 Å². The summed E-state index contributed by atoms with van der Waals surface area (Å²) in [6.45, 7) is 6.25. The number of amides is 1. The minimum absolute atomic E-state index is 0.173. The predicted molar refractivity (Wildman–Crippen MR) is 91.2 cm³/mol. The number of hydrogen-bond acceptors (Lipinski definition) is 3. The molecule has 1 aromatic heterocycles. The fourth-order valence-electron chi connectivity index (χ4n) is 3.81. The summed E-state index contributed by atoms with van der Waals surface area (Å²) in [7, 11) is 0. The van der Waals surface area contributed by atoms with Gasteiger partial charge in [-0.2, -0.15) is 0 Å². The quantitative estimate of drug-likeness (QED) is 0.836. The molecule has 0 unspecified atom stereocenters. The SMILES string of the molecule is C[C@H]1C[C@H](C)CN(C(=O)c2cccnc2SC2CCCC2)C1. The Balaban J connectivity index is 1.76. The second-order valence-electron chi connectivity index (χ2n) is 7.04. The third-order valence-corrected chi connectivity index (χ3v) is 6.09. The van der Waals surface area contributed by atoms with Gasteiger partial charge in [0.05, 0.1) is 5.56 Å². The molecule has 1 saturated carbocycles. The molecule has 2 atom stereocenters. The van der Waals surface area contributed by atoms with Gasteiger partial charge in [0, 0.05) is 24.5 Å². The van der Waals surface area contributed by atoms with Crippen LogP contribution in [-0.2, 0) is 0 Å². The van der Waals surface area contributed by atoms with Crippen molar-refractivity contribution in [3.8, 4) is 0 Å². The van der Waals surface area contributed by atoms with Gasteiger partial charge >= 0.3 is 0 Å². The third kappa shape index (κ3) is 3.65. The van der Waals surface area contributed by atoms with Gasteiger partial charge in [-0.3, -0.25) is 4.79 Å². The summed E-state index contributed by atoms with van der Waals surface area (Å²) in [5.74, 6) is 1.36. The van der Waals surface area contributed by atoms with Crippen LogP contribution in [0.3, 0.4) is 0 Å². The Bertz CT molecular complexity index is 518. The highest BCUT2D eigenvalue weighted by Crippen LogP contribution is 2.35. The van der Waals surface area contributed by atoms with Gasteiger partial charge in [-0.1, -0.05) is 26.7 Å². The van der Waals surface area contributed by atoms with Crippen LogP contribution in [0.5, 0.6) is 0 Å². The normalized spacial score (nSPS) is 26.4. The van der Waals surface area contributed by atoms with Gasteiger partial charge in [0.25, 0.3) is 5.91 Å². The number of piperidine rings is 1. The minimum atomic E-state index is 0.173. The number of hydrogen-bond donors (Lipinski definition) is 0. The molecule has 1 aliphatic carbocycles. The van der Waals surface area contributed by atoms with E-state index in [2.05, 4.69) is 18.8 Å². The van der Waals surface area contributed by atoms with E-state index in [0.29, 0.717) is 17.1 Å². The van der Waals surface area contributed by atoms with Crippen LogP contribution in [-0.4, -0.2) is 34.1 Å². The van der Waals surface area contributed by atoms with Crippen LogP contribution in [0.4, 0.5) is 0 Å². The first-order valence-electron chi connectivity index (χ1n) is 8.54. The molecule has 2 aliphatic rings. The van der Waals surface area contributed by atoms with Crippen LogP contribution < -0.4 is 0 Å². The van der Waals surface area contributed by atoms with Crippen molar-refractivity contribution in [3.63, 3.8) is 0 Å². The van der Waals surface area contributed by atoms with Crippen molar-refractivity contribution < 1.29 is 4.79 Å². The number of likely N-dealkylation sites (tertiary alicyclic amines) is 1. The van der Waals surface area contributed by atoms with Gasteiger partial charge in [0.15, 0.2) is 0 Å². The second kappa shape index (κ2) is 7.03. The fourth-order valence-corrected chi connectivity index (χ4v) is 5.10. The lowest BCUT2D eigenvalue weighted by Gasteiger charge is -2.35. The number of carbonyl (C=O) groups is 1. The highest BCUT2D eigenvalue weighted by Gasteiger charge is 2.28. The molecular weight excluding hydrogens is 292 g/mol. The number of rotatable bonds is 3. The van der Waals surface area contributed by atoms with E-state index in [1.54, 1.807) is 0 Å². The van der Waals surface area contributed by atoms with Crippen LogP contribution in [0.2, 0.25) is 0 Å². The lowest BCUT2D eigenvalue weighted by Crippen LogP contribution is -2.42. The Morgan fingerprint density at radius 2 is 1.91 bits per heavy atom. The molecule has 0 spiro atoms. The largest absolute Gasteiger partial charge is 0.338 e. The number of aromatic nitrogens is 1. The van der Waals surface area contributed by atoms with Crippen molar-refractivity contribution in [1.29, 1.82) is 0 Å². The third-order valence-electron chi connectivity index (χ3n) is 4.74. The van der Waals surface area contributed by atoms with E-state index in [1.165, 1.54) is 32.1 Å². The summed E-state index contributed by atoms with van der Waals surface area (Å²) in [6, 6.07) is 3.85. The number of nitrogens with zero attached hydrogens (tertiary/aromatic N) is 2. The average Bonchev–Trinajstić information content (AvgIpc) is 2.99. The van der Waals surface area contributed by atoms with E-state index in [4.69, 9.17) is 0 Å². The molecule has 4 heteroatoms. The number of pyridine rings is 1. The van der Waals surface area contributed by atoms with Crippen LogP contribution in [0, 0.1) is 11.8 Å². The topological polar surface area (TPSA) is 33.2 Å². The molecule has 1 aliphatic heterocycles. The maximum atomic E-state index is 13.0. The second-order valence-corrected chi connectivity index (χ2v) is 8.33. The summed E-state index contributed by atoms with van der Waals surface area (Å²) in [5, 5.41) is 1.57. The zero-order chi connectivity index (χ0) is 15.5. The molecule has 1 aromatic rings. The molecule has 0 bridgehead atoms. The molecule has 120 valence electrons. The smallest absolute Gasteiger partial charge is 0.256 e. The van der Waals surface area contributed by atoms with Crippen molar-refractivity contribution >= 4 is 17.7 Å². The van der Waals surface area contributed by atoms with Crippen molar-refractivity contribution in [2.24, 2.45) is 11.8 Å². The first-order chi connectivity index (χ1) is 10.6. The van der Waals surface area contributed by atoms with Crippen molar-refractivity contribution in [2.75, 3.05) is 13.1 Å². The van der Waals surface area contributed by atoms with Crippen LogP contribution in [0.15, 0.2) is 23.4 Å². The van der Waals surface area contributed by atoms with Crippen LogP contribution in [0.25, 0.3) is 0 Å². The molecule has 2 fully saturated rings. The molecule has 1 saturated heterocycles. The fraction of sp³-hybridized carbons (Fsp3) is 0.667. The number of thioether (sulfide) groups is 1. The minimum Gasteiger partial charge on any atom is -0.338 e. The van der Waals surface area contributed by atoms with E-state index < -0.39 is 0 Å². The lowest BCUT2D eigenvalue weighted by molar-refractivity contribution is 0.0619. The van der Waals surface area contributed by atoms with E-state index in [0.717, 1.165) is 23.7 Å².